The van der Waals surface area contributed by atoms with Crippen molar-refractivity contribution in [2.75, 3.05) is 26.7 Å². The molecule has 0 radical (unpaired) electrons. The van der Waals surface area contributed by atoms with Gasteiger partial charge in [-0.3, -0.25) is 14.8 Å². The van der Waals surface area contributed by atoms with E-state index in [1.807, 2.05) is 24.5 Å². The van der Waals surface area contributed by atoms with E-state index < -0.39 is 0 Å². The number of rotatable bonds is 5. The first-order chi connectivity index (χ1) is 13.1. The van der Waals surface area contributed by atoms with E-state index in [1.54, 1.807) is 12.1 Å². The van der Waals surface area contributed by atoms with Crippen LogP contribution in [0.15, 0.2) is 48.8 Å². The number of likely N-dealkylation sites (tertiary alicyclic amines) is 1. The van der Waals surface area contributed by atoms with Crippen molar-refractivity contribution in [2.45, 2.75) is 44.0 Å². The predicted octanol–water partition coefficient (Wildman–Crippen LogP) is 3.48. The van der Waals surface area contributed by atoms with Crippen molar-refractivity contribution >= 4 is 0 Å². The molecule has 0 bridgehead atoms. The lowest BCUT2D eigenvalue weighted by Crippen LogP contribution is -2.44. The van der Waals surface area contributed by atoms with Crippen molar-refractivity contribution in [1.82, 2.24) is 14.8 Å². The van der Waals surface area contributed by atoms with Gasteiger partial charge >= 0.3 is 0 Å². The van der Waals surface area contributed by atoms with Crippen LogP contribution in [0.1, 0.15) is 30.4 Å². The maximum Gasteiger partial charge on any atom is 0.123 e. The van der Waals surface area contributed by atoms with Gasteiger partial charge in [-0.1, -0.05) is 12.1 Å². The maximum absolute atomic E-state index is 13.1. The number of ether oxygens (including phenoxy) is 1. The fraction of sp³-hybridized carbons (Fsp3) is 0.500. The molecule has 3 heterocycles. The van der Waals surface area contributed by atoms with Gasteiger partial charge < -0.3 is 4.74 Å². The number of benzene rings is 1. The van der Waals surface area contributed by atoms with Gasteiger partial charge in [-0.25, -0.2) is 4.39 Å². The Hall–Kier alpha value is -1.82. The van der Waals surface area contributed by atoms with E-state index in [0.717, 1.165) is 52.0 Å². The summed E-state index contributed by atoms with van der Waals surface area (Å²) in [6.45, 7) is 4.72. The zero-order chi connectivity index (χ0) is 18.7. The Labute approximate surface area is 161 Å². The Morgan fingerprint density at radius 1 is 1.11 bits per heavy atom. The van der Waals surface area contributed by atoms with Gasteiger partial charge in [0.25, 0.3) is 0 Å². The molecule has 0 amide bonds. The first-order valence-corrected chi connectivity index (χ1v) is 9.82. The number of halogens is 1. The number of piperidine rings is 1. The third-order valence-corrected chi connectivity index (χ3v) is 6.08. The van der Waals surface area contributed by atoms with Gasteiger partial charge in [0.05, 0.1) is 12.2 Å². The molecular formula is C22H28FN3O. The summed E-state index contributed by atoms with van der Waals surface area (Å²) in [4.78, 5) is 8.96. The fourth-order valence-electron chi connectivity index (χ4n) is 4.32. The van der Waals surface area contributed by atoms with Crippen LogP contribution in [-0.4, -0.2) is 53.2 Å². The highest BCUT2D eigenvalue weighted by atomic mass is 19.1. The summed E-state index contributed by atoms with van der Waals surface area (Å²) in [6, 6.07) is 11.5. The number of pyridine rings is 1. The fourth-order valence-corrected chi connectivity index (χ4v) is 4.32. The Morgan fingerprint density at radius 2 is 1.81 bits per heavy atom. The minimum atomic E-state index is -0.169. The van der Waals surface area contributed by atoms with Crippen LogP contribution in [0.5, 0.6) is 0 Å². The Kier molecular flexibility index (Phi) is 5.53. The molecular weight excluding hydrogens is 341 g/mol. The lowest BCUT2D eigenvalue weighted by atomic mass is 9.87. The van der Waals surface area contributed by atoms with E-state index in [-0.39, 0.29) is 11.4 Å². The molecule has 1 aromatic heterocycles. The molecule has 2 aliphatic heterocycles. The van der Waals surface area contributed by atoms with Gasteiger partial charge in [0.1, 0.15) is 5.82 Å². The summed E-state index contributed by atoms with van der Waals surface area (Å²) < 4.78 is 19.4. The standard InChI is InChI=1S/C22H28FN3O/c1-25(15-19-6-10-24-11-7-19)21-14-22(27-17-21)8-12-26(13-9-22)16-18-2-4-20(23)5-3-18/h2-7,10-11,21H,8-9,12-17H2,1H3. The summed E-state index contributed by atoms with van der Waals surface area (Å²) in [7, 11) is 2.19. The third-order valence-electron chi connectivity index (χ3n) is 6.08. The second-order valence-electron chi connectivity index (χ2n) is 8.03. The molecule has 1 aromatic carbocycles. The molecule has 2 aliphatic rings. The van der Waals surface area contributed by atoms with E-state index >= 15 is 0 Å². The SMILES string of the molecule is CN(Cc1ccncc1)C1COC2(CCN(Cc3ccc(F)cc3)CC2)C1. The average Bonchev–Trinajstić information content (AvgIpc) is 3.10. The van der Waals surface area contributed by atoms with Crippen molar-refractivity contribution in [2.24, 2.45) is 0 Å². The molecule has 2 fully saturated rings. The normalized spacial score (nSPS) is 22.6. The summed E-state index contributed by atoms with van der Waals surface area (Å²) in [6.07, 6.45) is 6.97. The van der Waals surface area contributed by atoms with Gasteiger partial charge in [-0.2, -0.15) is 0 Å². The van der Waals surface area contributed by atoms with Crippen LogP contribution in [0, 0.1) is 5.82 Å². The van der Waals surface area contributed by atoms with E-state index in [0.29, 0.717) is 6.04 Å². The number of likely N-dealkylation sites (N-methyl/N-ethyl adjacent to an activating group) is 1. The molecule has 144 valence electrons. The molecule has 4 nitrogen and oxygen atoms in total. The second-order valence-corrected chi connectivity index (χ2v) is 8.03. The highest BCUT2D eigenvalue weighted by molar-refractivity contribution is 5.16. The smallest absolute Gasteiger partial charge is 0.123 e. The average molecular weight is 369 g/mol. The lowest BCUT2D eigenvalue weighted by molar-refractivity contribution is -0.0452. The maximum atomic E-state index is 13.1. The molecule has 0 N–H and O–H groups in total. The summed E-state index contributed by atoms with van der Waals surface area (Å²) in [5, 5.41) is 0. The summed E-state index contributed by atoms with van der Waals surface area (Å²) >= 11 is 0. The van der Waals surface area contributed by atoms with Crippen LogP contribution in [0.4, 0.5) is 4.39 Å². The zero-order valence-corrected chi connectivity index (χ0v) is 16.0. The van der Waals surface area contributed by atoms with Gasteiger partial charge in [-0.05, 0) is 61.7 Å². The first kappa shape index (κ1) is 18.5. The Morgan fingerprint density at radius 3 is 2.52 bits per heavy atom. The molecule has 5 heteroatoms. The van der Waals surface area contributed by atoms with Crippen LogP contribution >= 0.6 is 0 Å². The van der Waals surface area contributed by atoms with Gasteiger partial charge in [-0.15, -0.1) is 0 Å². The molecule has 1 unspecified atom stereocenters. The molecule has 0 saturated carbocycles. The zero-order valence-electron chi connectivity index (χ0n) is 16.0. The number of hydrogen-bond acceptors (Lipinski definition) is 4. The van der Waals surface area contributed by atoms with Crippen molar-refractivity contribution < 1.29 is 9.13 Å². The van der Waals surface area contributed by atoms with Crippen molar-refractivity contribution in [3.05, 3.63) is 65.7 Å². The molecule has 0 aliphatic carbocycles. The minimum Gasteiger partial charge on any atom is -0.373 e. The van der Waals surface area contributed by atoms with E-state index in [9.17, 15) is 4.39 Å². The van der Waals surface area contributed by atoms with Gasteiger partial charge in [0, 0.05) is 44.6 Å². The van der Waals surface area contributed by atoms with Crippen molar-refractivity contribution in [1.29, 1.82) is 0 Å². The highest BCUT2D eigenvalue weighted by Gasteiger charge is 2.43. The van der Waals surface area contributed by atoms with Crippen molar-refractivity contribution in [3.8, 4) is 0 Å². The Bertz CT molecular complexity index is 729. The summed E-state index contributed by atoms with van der Waals surface area (Å²) in [5.74, 6) is -0.169. The topological polar surface area (TPSA) is 28.6 Å². The van der Waals surface area contributed by atoms with E-state index in [4.69, 9.17) is 4.74 Å². The van der Waals surface area contributed by atoms with E-state index in [1.165, 1.54) is 11.1 Å². The van der Waals surface area contributed by atoms with Crippen LogP contribution in [-0.2, 0) is 17.8 Å². The quantitative estimate of drug-likeness (QED) is 0.807. The second kappa shape index (κ2) is 8.05. The summed E-state index contributed by atoms with van der Waals surface area (Å²) in [5.41, 5.74) is 2.51. The largest absolute Gasteiger partial charge is 0.373 e. The highest BCUT2D eigenvalue weighted by Crippen LogP contribution is 2.38. The van der Waals surface area contributed by atoms with Crippen LogP contribution in [0.25, 0.3) is 0 Å². The lowest BCUT2D eigenvalue weighted by Gasteiger charge is -2.39. The number of aromatic nitrogens is 1. The van der Waals surface area contributed by atoms with Gasteiger partial charge in [0.2, 0.25) is 0 Å². The molecule has 27 heavy (non-hydrogen) atoms. The third kappa shape index (κ3) is 4.54. The molecule has 4 rings (SSSR count). The molecule has 1 atom stereocenters. The molecule has 2 aromatic rings. The van der Waals surface area contributed by atoms with Crippen molar-refractivity contribution in [3.63, 3.8) is 0 Å². The molecule has 1 spiro atoms. The first-order valence-electron chi connectivity index (χ1n) is 9.82. The number of hydrogen-bond donors (Lipinski definition) is 0. The van der Waals surface area contributed by atoms with Crippen LogP contribution < -0.4 is 0 Å². The Balaban J connectivity index is 1.28. The van der Waals surface area contributed by atoms with E-state index in [2.05, 4.69) is 34.0 Å². The monoisotopic (exact) mass is 369 g/mol. The van der Waals surface area contributed by atoms with Gasteiger partial charge in [0.15, 0.2) is 0 Å². The predicted molar refractivity (Wildman–Crippen MR) is 104 cm³/mol. The van der Waals surface area contributed by atoms with Crippen LogP contribution in [0.3, 0.4) is 0 Å². The number of nitrogens with zero attached hydrogens (tertiary/aromatic N) is 3. The minimum absolute atomic E-state index is 0.0382. The van der Waals surface area contributed by atoms with Crippen LogP contribution in [0.2, 0.25) is 0 Å². The molecule has 2 saturated heterocycles.